The first-order valence-electron chi connectivity index (χ1n) is 4.94. The van der Waals surface area contributed by atoms with Crippen molar-refractivity contribution in [2.24, 2.45) is 5.10 Å². The number of halogens is 1. The number of amides is 1. The van der Waals surface area contributed by atoms with E-state index in [4.69, 9.17) is 11.6 Å². The first-order chi connectivity index (χ1) is 8.08. The Morgan fingerprint density at radius 3 is 2.76 bits per heavy atom. The van der Waals surface area contributed by atoms with Crippen molar-refractivity contribution < 1.29 is 9.53 Å². The summed E-state index contributed by atoms with van der Waals surface area (Å²) in [6.45, 7) is 1.77. The molecule has 0 heterocycles. The third kappa shape index (κ3) is 3.64. The van der Waals surface area contributed by atoms with Crippen molar-refractivity contribution in [1.82, 2.24) is 5.43 Å². The molecule has 0 aliphatic heterocycles. The summed E-state index contributed by atoms with van der Waals surface area (Å²) in [6.07, 6.45) is -0.614. The molecule has 0 fully saturated rings. The number of carbonyl (C=O) groups excluding carboxylic acids is 1. The molecule has 0 radical (unpaired) electrons. The van der Waals surface area contributed by atoms with Gasteiger partial charge in [-0.2, -0.15) is 5.10 Å². The van der Waals surface area contributed by atoms with Gasteiger partial charge in [0, 0.05) is 23.3 Å². The minimum absolute atomic E-state index is 0.603. The van der Waals surface area contributed by atoms with Gasteiger partial charge in [-0.1, -0.05) is 11.6 Å². The number of hydrogen-bond donors (Lipinski definition) is 2. The highest BCUT2D eigenvalue weighted by Crippen LogP contribution is 2.20. The average Bonchev–Trinajstić information content (AvgIpc) is 2.35. The van der Waals surface area contributed by atoms with Crippen LogP contribution in [0, 0.1) is 0 Å². The Kier molecular flexibility index (Phi) is 4.78. The first-order valence-corrected chi connectivity index (χ1v) is 5.32. The summed E-state index contributed by atoms with van der Waals surface area (Å²) in [5, 5.41) is 7.53. The third-order valence-electron chi connectivity index (χ3n) is 2.14. The number of hydrogen-bond acceptors (Lipinski definition) is 4. The highest BCUT2D eigenvalue weighted by molar-refractivity contribution is 6.31. The summed E-state index contributed by atoms with van der Waals surface area (Å²) in [7, 11) is 3.08. The van der Waals surface area contributed by atoms with E-state index in [2.05, 4.69) is 20.6 Å². The number of carbonyl (C=O) groups is 1. The number of benzene rings is 1. The van der Waals surface area contributed by atoms with E-state index in [0.717, 1.165) is 11.3 Å². The minimum Gasteiger partial charge on any atom is -0.452 e. The Hall–Kier alpha value is -1.75. The molecule has 0 aliphatic rings. The molecule has 0 bridgehead atoms. The van der Waals surface area contributed by atoms with E-state index in [-0.39, 0.29) is 0 Å². The molecule has 2 N–H and O–H groups in total. The molecule has 0 atom stereocenters. The molecular formula is C11H14ClN3O2. The minimum atomic E-state index is -0.614. The lowest BCUT2D eigenvalue weighted by Gasteiger charge is -2.09. The van der Waals surface area contributed by atoms with E-state index in [1.165, 1.54) is 7.11 Å². The Morgan fingerprint density at radius 1 is 1.47 bits per heavy atom. The van der Waals surface area contributed by atoms with Gasteiger partial charge in [-0.3, -0.25) is 0 Å². The second kappa shape index (κ2) is 6.10. The van der Waals surface area contributed by atoms with Gasteiger partial charge in [0.15, 0.2) is 0 Å². The van der Waals surface area contributed by atoms with Crippen LogP contribution in [0.15, 0.2) is 23.3 Å². The van der Waals surface area contributed by atoms with Crippen molar-refractivity contribution in [2.45, 2.75) is 6.92 Å². The van der Waals surface area contributed by atoms with Crippen LogP contribution >= 0.6 is 11.6 Å². The van der Waals surface area contributed by atoms with Crippen LogP contribution in [-0.4, -0.2) is 26.0 Å². The van der Waals surface area contributed by atoms with Crippen LogP contribution in [0.2, 0.25) is 5.02 Å². The van der Waals surface area contributed by atoms with Gasteiger partial charge in [0.1, 0.15) is 0 Å². The van der Waals surface area contributed by atoms with Gasteiger partial charge < -0.3 is 10.1 Å². The Bertz CT molecular complexity index is 446. The molecule has 1 amide bonds. The lowest BCUT2D eigenvalue weighted by atomic mass is 10.1. The van der Waals surface area contributed by atoms with E-state index in [0.29, 0.717) is 10.7 Å². The SMILES string of the molecule is CNc1ccc(Cl)cc1/C(C)=N/NC(=O)OC. The van der Waals surface area contributed by atoms with Crippen LogP contribution in [0.3, 0.4) is 0 Å². The van der Waals surface area contributed by atoms with E-state index in [9.17, 15) is 4.79 Å². The van der Waals surface area contributed by atoms with Gasteiger partial charge in [-0.25, -0.2) is 10.2 Å². The van der Waals surface area contributed by atoms with E-state index >= 15 is 0 Å². The second-order valence-electron chi connectivity index (χ2n) is 3.24. The number of rotatable bonds is 3. The summed E-state index contributed by atoms with van der Waals surface area (Å²) in [6, 6.07) is 5.39. The Balaban J connectivity index is 2.97. The highest BCUT2D eigenvalue weighted by Gasteiger charge is 2.06. The largest absolute Gasteiger partial charge is 0.452 e. The zero-order valence-electron chi connectivity index (χ0n) is 9.87. The number of hydrazone groups is 1. The van der Waals surface area contributed by atoms with Crippen molar-refractivity contribution in [1.29, 1.82) is 0 Å². The lowest BCUT2D eigenvalue weighted by Crippen LogP contribution is -2.19. The Morgan fingerprint density at radius 2 is 2.18 bits per heavy atom. The molecule has 0 saturated heterocycles. The van der Waals surface area contributed by atoms with Gasteiger partial charge in [0.2, 0.25) is 0 Å². The standard InChI is InChI=1S/C11H14ClN3O2/c1-7(14-15-11(16)17-3)9-6-8(12)4-5-10(9)13-2/h4-6,13H,1-3H3,(H,15,16)/b14-7+. The molecule has 0 unspecified atom stereocenters. The van der Waals surface area contributed by atoms with Crippen molar-refractivity contribution in [2.75, 3.05) is 19.5 Å². The summed E-state index contributed by atoms with van der Waals surface area (Å²) < 4.78 is 4.42. The number of ether oxygens (including phenoxy) is 1. The third-order valence-corrected chi connectivity index (χ3v) is 2.38. The molecule has 5 nitrogen and oxygen atoms in total. The fourth-order valence-electron chi connectivity index (χ4n) is 1.27. The van der Waals surface area contributed by atoms with Gasteiger partial charge in [0.25, 0.3) is 0 Å². The molecule has 1 rings (SSSR count). The smallest absolute Gasteiger partial charge is 0.427 e. The zero-order valence-corrected chi connectivity index (χ0v) is 10.6. The maximum absolute atomic E-state index is 10.9. The normalized spacial score (nSPS) is 10.9. The molecule has 17 heavy (non-hydrogen) atoms. The number of nitrogens with zero attached hydrogens (tertiary/aromatic N) is 1. The molecule has 1 aromatic carbocycles. The lowest BCUT2D eigenvalue weighted by molar-refractivity contribution is 0.171. The molecule has 0 aromatic heterocycles. The molecule has 0 saturated carbocycles. The zero-order chi connectivity index (χ0) is 12.8. The second-order valence-corrected chi connectivity index (χ2v) is 3.68. The topological polar surface area (TPSA) is 62.7 Å². The first kappa shape index (κ1) is 13.3. The monoisotopic (exact) mass is 255 g/mol. The summed E-state index contributed by atoms with van der Waals surface area (Å²) in [5.41, 5.74) is 4.58. The van der Waals surface area contributed by atoms with Crippen LogP contribution in [0.5, 0.6) is 0 Å². The van der Waals surface area contributed by atoms with Crippen molar-refractivity contribution in [3.63, 3.8) is 0 Å². The fourth-order valence-corrected chi connectivity index (χ4v) is 1.44. The summed E-state index contributed by atoms with van der Waals surface area (Å²) >= 11 is 5.91. The maximum atomic E-state index is 10.9. The molecule has 6 heteroatoms. The quantitative estimate of drug-likeness (QED) is 0.644. The molecule has 0 aliphatic carbocycles. The van der Waals surface area contributed by atoms with Crippen LogP contribution in [0.1, 0.15) is 12.5 Å². The van der Waals surface area contributed by atoms with Crippen LogP contribution in [-0.2, 0) is 4.74 Å². The summed E-state index contributed by atoms with van der Waals surface area (Å²) in [5.74, 6) is 0. The molecule has 1 aromatic rings. The van der Waals surface area contributed by atoms with Gasteiger partial charge in [0.05, 0.1) is 12.8 Å². The van der Waals surface area contributed by atoms with Gasteiger partial charge in [-0.15, -0.1) is 0 Å². The number of methoxy groups -OCH3 is 1. The van der Waals surface area contributed by atoms with Crippen LogP contribution in [0.25, 0.3) is 0 Å². The molecular weight excluding hydrogens is 242 g/mol. The van der Waals surface area contributed by atoms with Gasteiger partial charge in [-0.05, 0) is 25.1 Å². The van der Waals surface area contributed by atoms with Crippen molar-refractivity contribution in [3.05, 3.63) is 28.8 Å². The van der Waals surface area contributed by atoms with Crippen LogP contribution in [0.4, 0.5) is 10.5 Å². The molecule has 92 valence electrons. The van der Waals surface area contributed by atoms with E-state index in [1.807, 2.05) is 6.07 Å². The highest BCUT2D eigenvalue weighted by atomic mass is 35.5. The number of anilines is 1. The van der Waals surface area contributed by atoms with Gasteiger partial charge >= 0.3 is 6.09 Å². The predicted molar refractivity (Wildman–Crippen MR) is 68.8 cm³/mol. The maximum Gasteiger partial charge on any atom is 0.427 e. The average molecular weight is 256 g/mol. The number of nitrogens with one attached hydrogen (secondary N) is 2. The van der Waals surface area contributed by atoms with Crippen molar-refractivity contribution in [3.8, 4) is 0 Å². The Labute approximate surface area is 105 Å². The summed E-state index contributed by atoms with van der Waals surface area (Å²) in [4.78, 5) is 10.9. The van der Waals surface area contributed by atoms with Crippen LogP contribution < -0.4 is 10.7 Å². The van der Waals surface area contributed by atoms with E-state index < -0.39 is 6.09 Å². The predicted octanol–water partition coefficient (Wildman–Crippen LogP) is 2.46. The van der Waals surface area contributed by atoms with E-state index in [1.54, 1.807) is 26.1 Å². The fraction of sp³-hybridized carbons (Fsp3) is 0.273. The molecule has 0 spiro atoms. The van der Waals surface area contributed by atoms with Crippen molar-refractivity contribution >= 4 is 29.1 Å².